The Morgan fingerprint density at radius 3 is 2.54 bits per heavy atom. The lowest BCUT2D eigenvalue weighted by Crippen LogP contribution is -2.35. The fourth-order valence-electron chi connectivity index (χ4n) is 3.27. The van der Waals surface area contributed by atoms with Gasteiger partial charge in [-0.15, -0.1) is 0 Å². The minimum absolute atomic E-state index is 0.179. The van der Waals surface area contributed by atoms with Gasteiger partial charge >= 0.3 is 0 Å². The molecule has 7 heteroatoms. The predicted molar refractivity (Wildman–Crippen MR) is 107 cm³/mol. The number of carbonyl (C=O) groups is 1. The fourth-order valence-corrected chi connectivity index (χ4v) is 4.50. The molecule has 4 rings (SSSR count). The molecule has 0 spiro atoms. The molecule has 1 aromatic heterocycles. The highest BCUT2D eigenvalue weighted by atomic mass is 32.2. The first-order valence-electron chi connectivity index (χ1n) is 8.69. The molecule has 28 heavy (non-hydrogen) atoms. The first-order valence-corrected chi connectivity index (χ1v) is 10.4. The molecule has 1 aliphatic rings. The zero-order valence-electron chi connectivity index (χ0n) is 15.0. The summed E-state index contributed by atoms with van der Waals surface area (Å²) in [5.41, 5.74) is 1.35. The molecular formula is C21H17NO5S. The lowest BCUT2D eigenvalue weighted by atomic mass is 10.0. The summed E-state index contributed by atoms with van der Waals surface area (Å²) in [6, 6.07) is 13.4. The van der Waals surface area contributed by atoms with Gasteiger partial charge in [0.2, 0.25) is 0 Å². The van der Waals surface area contributed by atoms with E-state index in [9.17, 15) is 18.0 Å². The van der Waals surface area contributed by atoms with Crippen LogP contribution in [0.3, 0.4) is 0 Å². The smallest absolute Gasteiger partial charge is 0.255 e. The molecule has 1 aliphatic heterocycles. The average molecular weight is 395 g/mol. The van der Waals surface area contributed by atoms with E-state index in [1.54, 1.807) is 25.1 Å². The quantitative estimate of drug-likeness (QED) is 0.736. The number of carbonyl (C=O) groups excluding carboxylic acids is 1. The van der Waals surface area contributed by atoms with Crippen molar-refractivity contribution in [2.75, 3.05) is 5.75 Å². The maximum atomic E-state index is 12.8. The van der Waals surface area contributed by atoms with Gasteiger partial charge in [0.15, 0.2) is 20.8 Å². The Kier molecular flexibility index (Phi) is 4.39. The Balaban J connectivity index is 1.81. The summed E-state index contributed by atoms with van der Waals surface area (Å²) in [5, 5.41) is 4.07. The van der Waals surface area contributed by atoms with Crippen molar-refractivity contribution in [2.24, 2.45) is 0 Å². The molecule has 1 amide bonds. The molecule has 2 aromatic carbocycles. The molecule has 0 aliphatic carbocycles. The molecule has 0 unspecified atom stereocenters. The van der Waals surface area contributed by atoms with Gasteiger partial charge in [0.1, 0.15) is 5.76 Å². The van der Waals surface area contributed by atoms with Crippen LogP contribution in [0.25, 0.3) is 22.3 Å². The van der Waals surface area contributed by atoms with Gasteiger partial charge in [0.25, 0.3) is 5.91 Å². The first-order chi connectivity index (χ1) is 13.4. The molecule has 0 saturated heterocycles. The van der Waals surface area contributed by atoms with E-state index in [-0.39, 0.29) is 22.3 Å². The highest BCUT2D eigenvalue weighted by Crippen LogP contribution is 2.27. The van der Waals surface area contributed by atoms with Gasteiger partial charge < -0.3 is 9.73 Å². The van der Waals surface area contributed by atoms with Crippen LogP contribution in [0.5, 0.6) is 0 Å². The highest BCUT2D eigenvalue weighted by Gasteiger charge is 2.25. The molecule has 0 fully saturated rings. The maximum Gasteiger partial charge on any atom is 0.255 e. The summed E-state index contributed by atoms with van der Waals surface area (Å²) in [5.74, 6) is -0.271. The third-order valence-corrected chi connectivity index (χ3v) is 6.07. The van der Waals surface area contributed by atoms with Crippen molar-refractivity contribution in [1.82, 2.24) is 5.32 Å². The van der Waals surface area contributed by atoms with Crippen LogP contribution in [-0.4, -0.2) is 26.1 Å². The van der Waals surface area contributed by atoms with E-state index in [0.717, 1.165) is 11.0 Å². The molecule has 6 nitrogen and oxygen atoms in total. The summed E-state index contributed by atoms with van der Waals surface area (Å²) in [7, 11) is -3.29. The standard InChI is InChI=1S/C21H17NO5S/c1-13-18(23)16-8-5-9-17(21(24)22-15-10-11-28(25,26)12-15)20(16)27-19(13)14-6-3-2-4-7-14/h2-11,15H,12H2,1H3,(H,22,24)/t15-/m1/s1. The van der Waals surface area contributed by atoms with Crippen LogP contribution in [-0.2, 0) is 9.84 Å². The number of hydrogen-bond acceptors (Lipinski definition) is 5. The van der Waals surface area contributed by atoms with Crippen molar-refractivity contribution >= 4 is 26.7 Å². The van der Waals surface area contributed by atoms with E-state index in [0.29, 0.717) is 16.7 Å². The predicted octanol–water partition coefficient (Wildman–Crippen LogP) is 2.81. The Bertz CT molecular complexity index is 1270. The van der Waals surface area contributed by atoms with Crippen LogP contribution in [0.15, 0.2) is 69.2 Å². The zero-order chi connectivity index (χ0) is 19.9. The molecule has 3 aromatic rings. The number of nitrogens with one attached hydrogen (secondary N) is 1. The summed E-state index contributed by atoms with van der Waals surface area (Å²) < 4.78 is 29.1. The summed E-state index contributed by atoms with van der Waals surface area (Å²) in [6.07, 6.45) is 1.44. The largest absolute Gasteiger partial charge is 0.455 e. The van der Waals surface area contributed by atoms with Gasteiger partial charge in [-0.2, -0.15) is 0 Å². The Morgan fingerprint density at radius 2 is 1.86 bits per heavy atom. The number of hydrogen-bond donors (Lipinski definition) is 1. The number of fused-ring (bicyclic) bond motifs is 1. The van der Waals surface area contributed by atoms with Crippen molar-refractivity contribution in [3.8, 4) is 11.3 Å². The van der Waals surface area contributed by atoms with Crippen LogP contribution in [0.4, 0.5) is 0 Å². The first kappa shape index (κ1) is 18.2. The Labute approximate surface area is 161 Å². The van der Waals surface area contributed by atoms with Crippen molar-refractivity contribution in [2.45, 2.75) is 13.0 Å². The van der Waals surface area contributed by atoms with E-state index >= 15 is 0 Å². The lowest BCUT2D eigenvalue weighted by molar-refractivity contribution is 0.0948. The van der Waals surface area contributed by atoms with Crippen molar-refractivity contribution in [1.29, 1.82) is 0 Å². The SMILES string of the molecule is Cc1c(-c2ccccc2)oc2c(C(=O)N[C@@H]3C=CS(=O)(=O)C3)cccc2c1=O. The van der Waals surface area contributed by atoms with Gasteiger partial charge in [-0.25, -0.2) is 8.42 Å². The number of sulfone groups is 1. The molecule has 142 valence electrons. The summed E-state index contributed by atoms with van der Waals surface area (Å²) in [4.78, 5) is 25.6. The number of rotatable bonds is 3. The minimum Gasteiger partial charge on any atom is -0.455 e. The molecule has 2 heterocycles. The maximum absolute atomic E-state index is 12.8. The zero-order valence-corrected chi connectivity index (χ0v) is 15.8. The lowest BCUT2D eigenvalue weighted by Gasteiger charge is -2.13. The van der Waals surface area contributed by atoms with Gasteiger partial charge in [0.05, 0.1) is 22.7 Å². The summed E-state index contributed by atoms with van der Waals surface area (Å²) in [6.45, 7) is 1.69. The Hall–Kier alpha value is -3.19. The molecule has 0 radical (unpaired) electrons. The van der Waals surface area contributed by atoms with Gasteiger partial charge in [-0.3, -0.25) is 9.59 Å². The number of benzene rings is 2. The van der Waals surface area contributed by atoms with Crippen LogP contribution >= 0.6 is 0 Å². The molecule has 0 saturated carbocycles. The molecule has 1 atom stereocenters. The minimum atomic E-state index is -3.29. The van der Waals surface area contributed by atoms with Crippen molar-refractivity contribution in [3.63, 3.8) is 0 Å². The van der Waals surface area contributed by atoms with Crippen LogP contribution in [0.1, 0.15) is 15.9 Å². The van der Waals surface area contributed by atoms with E-state index in [1.165, 1.54) is 6.08 Å². The van der Waals surface area contributed by atoms with Crippen molar-refractivity contribution < 1.29 is 17.6 Å². The Morgan fingerprint density at radius 1 is 1.11 bits per heavy atom. The van der Waals surface area contributed by atoms with Gasteiger partial charge in [-0.05, 0) is 25.1 Å². The second-order valence-electron chi connectivity index (χ2n) is 6.67. The monoisotopic (exact) mass is 395 g/mol. The highest BCUT2D eigenvalue weighted by molar-refractivity contribution is 7.94. The second-order valence-corrected chi connectivity index (χ2v) is 8.60. The molecule has 1 N–H and O–H groups in total. The molecule has 0 bridgehead atoms. The summed E-state index contributed by atoms with van der Waals surface area (Å²) >= 11 is 0. The third-order valence-electron chi connectivity index (χ3n) is 4.67. The fraction of sp³-hybridized carbons (Fsp3) is 0.143. The normalized spacial score (nSPS) is 17.7. The van der Waals surface area contributed by atoms with E-state index in [2.05, 4.69) is 5.32 Å². The van der Waals surface area contributed by atoms with E-state index in [4.69, 9.17) is 4.42 Å². The topological polar surface area (TPSA) is 93.4 Å². The van der Waals surface area contributed by atoms with Gasteiger partial charge in [-0.1, -0.05) is 36.4 Å². The van der Waals surface area contributed by atoms with Gasteiger partial charge in [0, 0.05) is 16.5 Å². The number of para-hydroxylation sites is 1. The van der Waals surface area contributed by atoms with Crippen LogP contribution < -0.4 is 10.7 Å². The van der Waals surface area contributed by atoms with Crippen LogP contribution in [0.2, 0.25) is 0 Å². The van der Waals surface area contributed by atoms with E-state index in [1.807, 2.05) is 30.3 Å². The average Bonchev–Trinajstić information content (AvgIpc) is 3.03. The molecular weight excluding hydrogens is 378 g/mol. The third kappa shape index (κ3) is 3.25. The van der Waals surface area contributed by atoms with E-state index < -0.39 is 21.8 Å². The van der Waals surface area contributed by atoms with Crippen molar-refractivity contribution in [3.05, 3.63) is 81.4 Å². The van der Waals surface area contributed by atoms with Crippen LogP contribution in [0, 0.1) is 6.92 Å². The second kappa shape index (κ2) is 6.76. The number of amides is 1.